The molecule has 1 aliphatic heterocycles. The van der Waals surface area contributed by atoms with E-state index in [-0.39, 0.29) is 11.7 Å². The molecule has 8 heteroatoms. The third-order valence-electron chi connectivity index (χ3n) is 6.43. The summed E-state index contributed by atoms with van der Waals surface area (Å²) in [6.45, 7) is 0.467. The van der Waals surface area contributed by atoms with Crippen molar-refractivity contribution < 1.29 is 18.3 Å². The SMILES string of the molecule is Cc1c(C(=O)N2CCC3(CCCCC3)CC2)nnn1-c1ccc(OC(F)F)cc1. The Morgan fingerprint density at radius 1 is 1.07 bits per heavy atom. The highest BCUT2D eigenvalue weighted by Crippen LogP contribution is 2.44. The van der Waals surface area contributed by atoms with E-state index >= 15 is 0 Å². The number of carbonyl (C=O) groups is 1. The van der Waals surface area contributed by atoms with Crippen molar-refractivity contribution in [2.24, 2.45) is 5.41 Å². The summed E-state index contributed by atoms with van der Waals surface area (Å²) >= 11 is 0. The second-order valence-corrected chi connectivity index (χ2v) is 8.16. The van der Waals surface area contributed by atoms with Crippen molar-refractivity contribution in [1.29, 1.82) is 0 Å². The molecule has 1 amide bonds. The van der Waals surface area contributed by atoms with Crippen molar-refractivity contribution in [3.63, 3.8) is 0 Å². The summed E-state index contributed by atoms with van der Waals surface area (Å²) in [6, 6.07) is 6.11. The van der Waals surface area contributed by atoms with Crippen molar-refractivity contribution >= 4 is 5.91 Å². The molecule has 1 aliphatic carbocycles. The topological polar surface area (TPSA) is 60.2 Å². The zero-order valence-electron chi connectivity index (χ0n) is 16.6. The molecule has 0 bridgehead atoms. The van der Waals surface area contributed by atoms with Gasteiger partial charge in [-0.25, -0.2) is 4.68 Å². The summed E-state index contributed by atoms with van der Waals surface area (Å²) in [5.41, 5.74) is 2.05. The Hall–Kier alpha value is -2.51. The van der Waals surface area contributed by atoms with Gasteiger partial charge in [-0.05, 0) is 62.3 Å². The Balaban J connectivity index is 1.45. The molecular formula is C21H26F2N4O2. The van der Waals surface area contributed by atoms with Crippen molar-refractivity contribution in [2.75, 3.05) is 13.1 Å². The van der Waals surface area contributed by atoms with E-state index in [0.29, 0.717) is 22.5 Å². The minimum absolute atomic E-state index is 0.0720. The number of piperidine rings is 1. The van der Waals surface area contributed by atoms with Gasteiger partial charge in [-0.15, -0.1) is 5.10 Å². The maximum atomic E-state index is 13.0. The molecule has 1 spiro atoms. The molecule has 2 aromatic rings. The minimum atomic E-state index is -2.87. The fourth-order valence-electron chi connectivity index (χ4n) is 4.68. The molecule has 156 valence electrons. The highest BCUT2D eigenvalue weighted by Gasteiger charge is 2.37. The lowest BCUT2D eigenvalue weighted by atomic mass is 9.68. The molecule has 0 N–H and O–H groups in total. The average molecular weight is 404 g/mol. The zero-order chi connectivity index (χ0) is 20.4. The lowest BCUT2D eigenvalue weighted by Gasteiger charge is -2.44. The van der Waals surface area contributed by atoms with Crippen LogP contribution in [0.5, 0.6) is 5.75 Å². The van der Waals surface area contributed by atoms with Gasteiger partial charge in [0.25, 0.3) is 5.91 Å². The van der Waals surface area contributed by atoms with Gasteiger partial charge in [-0.1, -0.05) is 24.5 Å². The van der Waals surface area contributed by atoms with Crippen LogP contribution in [-0.2, 0) is 0 Å². The molecule has 0 atom stereocenters. The van der Waals surface area contributed by atoms with E-state index in [4.69, 9.17) is 0 Å². The van der Waals surface area contributed by atoms with Crippen molar-refractivity contribution in [1.82, 2.24) is 19.9 Å². The second-order valence-electron chi connectivity index (χ2n) is 8.16. The van der Waals surface area contributed by atoms with Crippen molar-refractivity contribution in [3.05, 3.63) is 35.7 Å². The molecule has 1 aromatic heterocycles. The quantitative estimate of drug-likeness (QED) is 0.760. The van der Waals surface area contributed by atoms with Crippen LogP contribution in [-0.4, -0.2) is 45.5 Å². The van der Waals surface area contributed by atoms with Crippen LogP contribution in [0.4, 0.5) is 8.78 Å². The number of carbonyl (C=O) groups excluding carboxylic acids is 1. The number of benzene rings is 1. The molecule has 6 nitrogen and oxygen atoms in total. The van der Waals surface area contributed by atoms with Crippen LogP contribution >= 0.6 is 0 Å². The smallest absolute Gasteiger partial charge is 0.387 e. The van der Waals surface area contributed by atoms with Crippen LogP contribution in [0.15, 0.2) is 24.3 Å². The fourth-order valence-corrected chi connectivity index (χ4v) is 4.68. The van der Waals surface area contributed by atoms with Gasteiger partial charge in [-0.2, -0.15) is 8.78 Å². The normalized spacial score (nSPS) is 19.0. The molecule has 1 saturated carbocycles. The summed E-state index contributed by atoms with van der Waals surface area (Å²) in [7, 11) is 0. The Morgan fingerprint density at radius 3 is 2.34 bits per heavy atom. The summed E-state index contributed by atoms with van der Waals surface area (Å²) in [6.07, 6.45) is 8.66. The number of amides is 1. The Labute approximate surface area is 168 Å². The van der Waals surface area contributed by atoms with E-state index in [1.807, 2.05) is 4.90 Å². The number of rotatable bonds is 4. The maximum Gasteiger partial charge on any atom is 0.387 e. The Bertz CT molecular complexity index is 850. The number of alkyl halides is 2. The minimum Gasteiger partial charge on any atom is -0.435 e. The summed E-state index contributed by atoms with van der Waals surface area (Å²) in [5.74, 6) is -0.0140. The highest BCUT2D eigenvalue weighted by molar-refractivity contribution is 5.93. The standard InChI is InChI=1S/C21H26F2N4O2/c1-15-18(19(28)26-13-11-21(12-14-26)9-3-2-4-10-21)24-25-27(15)16-5-7-17(8-6-16)29-20(22)23/h5-8,20H,2-4,9-14H2,1H3. The maximum absolute atomic E-state index is 13.0. The van der Waals surface area contributed by atoms with Gasteiger partial charge < -0.3 is 9.64 Å². The van der Waals surface area contributed by atoms with E-state index in [1.54, 1.807) is 23.7 Å². The van der Waals surface area contributed by atoms with E-state index < -0.39 is 6.61 Å². The fraction of sp³-hybridized carbons (Fsp3) is 0.571. The molecule has 1 aromatic carbocycles. The largest absolute Gasteiger partial charge is 0.435 e. The molecule has 0 unspecified atom stereocenters. The van der Waals surface area contributed by atoms with Crippen LogP contribution in [0, 0.1) is 12.3 Å². The molecule has 2 fully saturated rings. The molecular weight excluding hydrogens is 378 g/mol. The first kappa shape index (κ1) is 19.8. The lowest BCUT2D eigenvalue weighted by Crippen LogP contribution is -2.44. The number of halogens is 2. The number of nitrogens with zero attached hydrogens (tertiary/aromatic N) is 4. The van der Waals surface area contributed by atoms with E-state index in [9.17, 15) is 13.6 Å². The predicted octanol–water partition coefficient (Wildman–Crippen LogP) is 4.36. The number of aromatic nitrogens is 3. The number of ether oxygens (including phenoxy) is 1. The van der Waals surface area contributed by atoms with Crippen molar-refractivity contribution in [2.45, 2.75) is 58.5 Å². The van der Waals surface area contributed by atoms with E-state index in [0.717, 1.165) is 25.9 Å². The first-order valence-electron chi connectivity index (χ1n) is 10.2. The van der Waals surface area contributed by atoms with Gasteiger partial charge in [0.1, 0.15) is 5.75 Å². The first-order valence-corrected chi connectivity index (χ1v) is 10.2. The van der Waals surface area contributed by atoms with Gasteiger partial charge in [-0.3, -0.25) is 4.79 Å². The lowest BCUT2D eigenvalue weighted by molar-refractivity contribution is -0.0498. The van der Waals surface area contributed by atoms with Gasteiger partial charge in [0.2, 0.25) is 0 Å². The van der Waals surface area contributed by atoms with E-state index in [1.165, 1.54) is 44.2 Å². The number of hydrogen-bond donors (Lipinski definition) is 0. The van der Waals surface area contributed by atoms with Crippen LogP contribution in [0.2, 0.25) is 0 Å². The average Bonchev–Trinajstić information content (AvgIpc) is 3.10. The Kier molecular flexibility index (Phi) is 5.52. The van der Waals surface area contributed by atoms with Crippen molar-refractivity contribution in [3.8, 4) is 11.4 Å². The Morgan fingerprint density at radius 2 is 1.72 bits per heavy atom. The number of hydrogen-bond acceptors (Lipinski definition) is 4. The van der Waals surface area contributed by atoms with E-state index in [2.05, 4.69) is 15.0 Å². The highest BCUT2D eigenvalue weighted by atomic mass is 19.3. The van der Waals surface area contributed by atoms with Crippen LogP contribution in [0.1, 0.15) is 61.1 Å². The van der Waals surface area contributed by atoms with Gasteiger partial charge in [0, 0.05) is 13.1 Å². The monoisotopic (exact) mass is 404 g/mol. The van der Waals surface area contributed by atoms with Crippen LogP contribution in [0.25, 0.3) is 5.69 Å². The first-order chi connectivity index (χ1) is 14.0. The molecule has 4 rings (SSSR count). The van der Waals surface area contributed by atoms with Gasteiger partial charge >= 0.3 is 6.61 Å². The predicted molar refractivity (Wildman–Crippen MR) is 103 cm³/mol. The molecule has 1 saturated heterocycles. The van der Waals surface area contributed by atoms with Gasteiger partial charge in [0.15, 0.2) is 5.69 Å². The summed E-state index contributed by atoms with van der Waals surface area (Å²) in [5, 5.41) is 8.22. The second kappa shape index (κ2) is 8.08. The molecule has 2 aliphatic rings. The number of likely N-dealkylation sites (tertiary alicyclic amines) is 1. The molecule has 0 radical (unpaired) electrons. The summed E-state index contributed by atoms with van der Waals surface area (Å²) in [4.78, 5) is 14.9. The zero-order valence-corrected chi connectivity index (χ0v) is 16.6. The van der Waals surface area contributed by atoms with Crippen LogP contribution in [0.3, 0.4) is 0 Å². The summed E-state index contributed by atoms with van der Waals surface area (Å²) < 4.78 is 30.5. The third-order valence-corrected chi connectivity index (χ3v) is 6.43. The van der Waals surface area contributed by atoms with Crippen LogP contribution < -0.4 is 4.74 Å². The molecule has 2 heterocycles. The molecule has 29 heavy (non-hydrogen) atoms. The third kappa shape index (κ3) is 4.11. The van der Waals surface area contributed by atoms with Gasteiger partial charge in [0.05, 0.1) is 11.4 Å².